The van der Waals surface area contributed by atoms with Crippen molar-refractivity contribution in [3.63, 3.8) is 0 Å². The molecule has 0 saturated heterocycles. The quantitative estimate of drug-likeness (QED) is 0.877. The second-order valence-electron chi connectivity index (χ2n) is 5.30. The zero-order valence-corrected chi connectivity index (χ0v) is 12.2. The molecule has 1 aliphatic rings. The van der Waals surface area contributed by atoms with Crippen molar-refractivity contribution >= 4 is 11.6 Å². The highest BCUT2D eigenvalue weighted by Gasteiger charge is 2.35. The first-order chi connectivity index (χ1) is 9.49. The van der Waals surface area contributed by atoms with Gasteiger partial charge in [0.15, 0.2) is 6.10 Å². The van der Waals surface area contributed by atoms with Crippen molar-refractivity contribution < 1.29 is 14.6 Å². The number of benzene rings is 1. The Hall–Kier alpha value is -1.59. The van der Waals surface area contributed by atoms with Crippen LogP contribution in [-0.2, 0) is 4.79 Å². The summed E-state index contributed by atoms with van der Waals surface area (Å²) < 4.78 is 5.74. The van der Waals surface area contributed by atoms with Gasteiger partial charge in [-0.25, -0.2) is 0 Å². The van der Waals surface area contributed by atoms with E-state index < -0.39 is 12.2 Å². The van der Waals surface area contributed by atoms with Gasteiger partial charge < -0.3 is 20.5 Å². The fourth-order valence-electron chi connectivity index (χ4n) is 2.43. The summed E-state index contributed by atoms with van der Waals surface area (Å²) in [6.07, 6.45) is -0.530. The first kappa shape index (κ1) is 14.8. The van der Waals surface area contributed by atoms with Crippen LogP contribution in [0.15, 0.2) is 18.2 Å². The van der Waals surface area contributed by atoms with E-state index in [-0.39, 0.29) is 18.5 Å². The Labute approximate surface area is 119 Å². The molecule has 0 saturated carbocycles. The number of nitrogens with two attached hydrogens (primary N) is 1. The lowest BCUT2D eigenvalue weighted by atomic mass is 10.0. The van der Waals surface area contributed by atoms with E-state index in [1.165, 1.54) is 0 Å². The summed E-state index contributed by atoms with van der Waals surface area (Å²) in [5.41, 5.74) is 6.89. The zero-order valence-electron chi connectivity index (χ0n) is 12.2. The number of aliphatic hydroxyl groups excluding tert-OH is 1. The van der Waals surface area contributed by atoms with Crippen LogP contribution in [0.4, 0.5) is 5.69 Å². The van der Waals surface area contributed by atoms with Crippen molar-refractivity contribution in [3.05, 3.63) is 23.8 Å². The molecule has 0 bridgehead atoms. The van der Waals surface area contributed by atoms with Gasteiger partial charge in [-0.2, -0.15) is 0 Å². The van der Waals surface area contributed by atoms with Gasteiger partial charge in [0.25, 0.3) is 5.91 Å². The van der Waals surface area contributed by atoms with E-state index in [2.05, 4.69) is 0 Å². The van der Waals surface area contributed by atoms with Crippen LogP contribution in [0.1, 0.15) is 38.9 Å². The van der Waals surface area contributed by atoms with Crippen LogP contribution in [-0.4, -0.2) is 29.7 Å². The highest BCUT2D eigenvalue weighted by molar-refractivity contribution is 6.00. The molecule has 0 fully saturated rings. The Balaban J connectivity index is 2.48. The number of carbonyl (C=O) groups is 1. The van der Waals surface area contributed by atoms with Crippen LogP contribution in [0.3, 0.4) is 0 Å². The second kappa shape index (κ2) is 5.81. The number of carbonyl (C=O) groups excluding carboxylic acids is 1. The summed E-state index contributed by atoms with van der Waals surface area (Å²) >= 11 is 0. The predicted molar refractivity (Wildman–Crippen MR) is 77.8 cm³/mol. The predicted octanol–water partition coefficient (Wildman–Crippen LogP) is 1.59. The first-order valence-electron chi connectivity index (χ1n) is 7.01. The van der Waals surface area contributed by atoms with Crippen molar-refractivity contribution in [1.29, 1.82) is 0 Å². The molecule has 1 amide bonds. The van der Waals surface area contributed by atoms with Crippen LogP contribution < -0.4 is 15.4 Å². The summed E-state index contributed by atoms with van der Waals surface area (Å²) in [7, 11) is 0. The lowest BCUT2D eigenvalue weighted by Crippen LogP contribution is -2.48. The van der Waals surface area contributed by atoms with Gasteiger partial charge in [-0.3, -0.25) is 4.79 Å². The SMILES string of the molecule is CCC1Oc2ccc(C(O)CN)cc2N(C(C)C)C1=O. The van der Waals surface area contributed by atoms with Gasteiger partial charge in [-0.15, -0.1) is 0 Å². The average molecular weight is 278 g/mol. The van der Waals surface area contributed by atoms with Crippen molar-refractivity contribution in [2.75, 3.05) is 11.4 Å². The minimum Gasteiger partial charge on any atom is -0.478 e. The van der Waals surface area contributed by atoms with E-state index in [9.17, 15) is 9.90 Å². The summed E-state index contributed by atoms with van der Waals surface area (Å²) in [5, 5.41) is 9.85. The van der Waals surface area contributed by atoms with Gasteiger partial charge in [-0.05, 0) is 38.0 Å². The van der Waals surface area contributed by atoms with Gasteiger partial charge in [0.05, 0.1) is 11.8 Å². The van der Waals surface area contributed by atoms with Crippen molar-refractivity contribution in [2.45, 2.75) is 45.4 Å². The van der Waals surface area contributed by atoms with Gasteiger partial charge in [0.2, 0.25) is 0 Å². The monoisotopic (exact) mass is 278 g/mol. The number of hydrogen-bond donors (Lipinski definition) is 2. The second-order valence-corrected chi connectivity index (χ2v) is 5.30. The van der Waals surface area contributed by atoms with Gasteiger partial charge >= 0.3 is 0 Å². The fourth-order valence-corrected chi connectivity index (χ4v) is 2.43. The molecule has 20 heavy (non-hydrogen) atoms. The maximum atomic E-state index is 12.4. The molecule has 2 atom stereocenters. The molecule has 0 aromatic heterocycles. The number of anilines is 1. The molecule has 5 heteroatoms. The fraction of sp³-hybridized carbons (Fsp3) is 0.533. The number of rotatable bonds is 4. The third-order valence-electron chi connectivity index (χ3n) is 3.52. The molecule has 0 aliphatic carbocycles. The summed E-state index contributed by atoms with van der Waals surface area (Å²) in [5.74, 6) is 0.646. The molecule has 1 aliphatic heterocycles. The number of amides is 1. The molecule has 2 unspecified atom stereocenters. The molecule has 1 aromatic carbocycles. The maximum Gasteiger partial charge on any atom is 0.268 e. The van der Waals surface area contributed by atoms with Crippen molar-refractivity contribution in [3.8, 4) is 5.75 Å². The molecule has 0 spiro atoms. The smallest absolute Gasteiger partial charge is 0.268 e. The van der Waals surface area contributed by atoms with Crippen LogP contribution in [0, 0.1) is 0 Å². The maximum absolute atomic E-state index is 12.4. The van der Waals surface area contributed by atoms with E-state index >= 15 is 0 Å². The Morgan fingerprint density at radius 3 is 2.70 bits per heavy atom. The number of aliphatic hydroxyl groups is 1. The standard InChI is InChI=1S/C15H22N2O3/c1-4-13-15(19)17(9(2)3)11-7-10(12(18)8-16)5-6-14(11)20-13/h5-7,9,12-13,18H,4,8,16H2,1-3H3. The van der Waals surface area contributed by atoms with Gasteiger partial charge in [-0.1, -0.05) is 13.0 Å². The van der Waals surface area contributed by atoms with E-state index in [1.807, 2.05) is 20.8 Å². The molecule has 110 valence electrons. The lowest BCUT2D eigenvalue weighted by molar-refractivity contribution is -0.126. The largest absolute Gasteiger partial charge is 0.478 e. The molecule has 1 aromatic rings. The Kier molecular flexibility index (Phi) is 4.30. The minimum atomic E-state index is -0.728. The van der Waals surface area contributed by atoms with Crippen LogP contribution in [0.2, 0.25) is 0 Å². The topological polar surface area (TPSA) is 75.8 Å². The molecule has 1 heterocycles. The third kappa shape index (κ3) is 2.51. The molecular weight excluding hydrogens is 256 g/mol. The Morgan fingerprint density at radius 2 is 2.15 bits per heavy atom. The van der Waals surface area contributed by atoms with E-state index in [0.717, 1.165) is 0 Å². The van der Waals surface area contributed by atoms with Crippen LogP contribution >= 0.6 is 0 Å². The highest BCUT2D eigenvalue weighted by Crippen LogP contribution is 2.37. The normalized spacial score (nSPS) is 19.8. The van der Waals surface area contributed by atoms with Gasteiger partial charge in [0, 0.05) is 12.6 Å². The molecule has 3 N–H and O–H groups in total. The van der Waals surface area contributed by atoms with Crippen LogP contribution in [0.5, 0.6) is 5.75 Å². The number of hydrogen-bond acceptors (Lipinski definition) is 4. The number of fused-ring (bicyclic) bond motifs is 1. The van der Waals surface area contributed by atoms with E-state index in [4.69, 9.17) is 10.5 Å². The summed E-state index contributed by atoms with van der Waals surface area (Å²) in [4.78, 5) is 14.2. The molecular formula is C15H22N2O3. The lowest BCUT2D eigenvalue weighted by Gasteiger charge is -2.37. The van der Waals surface area contributed by atoms with E-state index in [0.29, 0.717) is 23.4 Å². The molecule has 5 nitrogen and oxygen atoms in total. The zero-order chi connectivity index (χ0) is 14.9. The average Bonchev–Trinajstić information content (AvgIpc) is 2.44. The Morgan fingerprint density at radius 1 is 1.45 bits per heavy atom. The highest BCUT2D eigenvalue weighted by atomic mass is 16.5. The van der Waals surface area contributed by atoms with Gasteiger partial charge in [0.1, 0.15) is 5.75 Å². The van der Waals surface area contributed by atoms with Crippen molar-refractivity contribution in [1.82, 2.24) is 0 Å². The molecule has 2 rings (SSSR count). The summed E-state index contributed by atoms with van der Waals surface area (Å²) in [6.45, 7) is 6.00. The first-order valence-corrected chi connectivity index (χ1v) is 7.01. The minimum absolute atomic E-state index is 0.0319. The third-order valence-corrected chi connectivity index (χ3v) is 3.52. The van der Waals surface area contributed by atoms with E-state index in [1.54, 1.807) is 23.1 Å². The summed E-state index contributed by atoms with van der Waals surface area (Å²) in [6, 6.07) is 5.41. The number of ether oxygens (including phenoxy) is 1. The van der Waals surface area contributed by atoms with Crippen molar-refractivity contribution in [2.24, 2.45) is 5.73 Å². The Bertz CT molecular complexity index is 502. The van der Waals surface area contributed by atoms with Crippen LogP contribution in [0.25, 0.3) is 0 Å². The molecule has 0 radical (unpaired) electrons. The number of nitrogens with zero attached hydrogens (tertiary/aromatic N) is 1.